The third kappa shape index (κ3) is 3.27. The van der Waals surface area contributed by atoms with E-state index in [1.165, 1.54) is 0 Å². The van der Waals surface area contributed by atoms with Crippen molar-refractivity contribution in [2.75, 3.05) is 13.2 Å². The first-order valence-corrected chi connectivity index (χ1v) is 9.42. The molecule has 0 fully saturated rings. The molecule has 0 aliphatic carbocycles. The Labute approximate surface area is 167 Å². The lowest BCUT2D eigenvalue weighted by Gasteiger charge is -2.16. The summed E-state index contributed by atoms with van der Waals surface area (Å²) in [4.78, 5) is 25.7. The maximum Gasteiger partial charge on any atom is 0.288 e. The zero-order valence-corrected chi connectivity index (χ0v) is 16.3. The maximum absolute atomic E-state index is 13.2. The highest BCUT2D eigenvalue weighted by atomic mass is 16.5. The number of nitrogens with one attached hydrogen (secondary N) is 1. The Morgan fingerprint density at radius 2 is 1.97 bits per heavy atom. The molecule has 2 heterocycles. The third-order valence-electron chi connectivity index (χ3n) is 4.81. The van der Waals surface area contributed by atoms with Crippen molar-refractivity contribution in [2.45, 2.75) is 19.9 Å². The van der Waals surface area contributed by atoms with Crippen molar-refractivity contribution in [3.8, 4) is 11.5 Å². The Hall–Kier alpha value is -3.54. The molecular weight excluding hydrogens is 370 g/mol. The molecule has 1 amide bonds. The van der Waals surface area contributed by atoms with E-state index in [4.69, 9.17) is 13.9 Å². The fourth-order valence-electron chi connectivity index (χ4n) is 3.51. The van der Waals surface area contributed by atoms with Gasteiger partial charge in [-0.1, -0.05) is 30.4 Å². The van der Waals surface area contributed by atoms with Crippen LogP contribution in [0.4, 0.5) is 0 Å². The summed E-state index contributed by atoms with van der Waals surface area (Å²) < 4.78 is 17.1. The van der Waals surface area contributed by atoms with Gasteiger partial charge in [-0.3, -0.25) is 9.59 Å². The molecule has 1 atom stereocenters. The van der Waals surface area contributed by atoms with Gasteiger partial charge in [-0.15, -0.1) is 0 Å². The van der Waals surface area contributed by atoms with E-state index < -0.39 is 11.9 Å². The van der Waals surface area contributed by atoms with Crippen molar-refractivity contribution in [2.24, 2.45) is 0 Å². The summed E-state index contributed by atoms with van der Waals surface area (Å²) >= 11 is 0. The van der Waals surface area contributed by atoms with Crippen molar-refractivity contribution >= 4 is 16.9 Å². The molecule has 4 rings (SSSR count). The summed E-state index contributed by atoms with van der Waals surface area (Å²) in [7, 11) is 0. The van der Waals surface area contributed by atoms with E-state index in [0.29, 0.717) is 46.8 Å². The minimum atomic E-state index is -0.619. The van der Waals surface area contributed by atoms with E-state index in [9.17, 15) is 9.59 Å². The fourth-order valence-corrected chi connectivity index (χ4v) is 3.51. The van der Waals surface area contributed by atoms with Crippen LogP contribution >= 0.6 is 0 Å². The van der Waals surface area contributed by atoms with Crippen LogP contribution in [0.2, 0.25) is 0 Å². The smallest absolute Gasteiger partial charge is 0.288 e. The van der Waals surface area contributed by atoms with Crippen LogP contribution in [-0.2, 0) is 0 Å². The summed E-state index contributed by atoms with van der Waals surface area (Å²) in [5, 5.41) is 3.31. The fraction of sp³-hybridized carbons (Fsp3) is 0.217. The second-order valence-electron chi connectivity index (χ2n) is 6.82. The first-order valence-electron chi connectivity index (χ1n) is 9.42. The topological polar surface area (TPSA) is 77.8 Å². The number of carbonyl (C=O) groups excluding carboxylic acids is 1. The number of ether oxygens (including phenoxy) is 2. The maximum atomic E-state index is 13.2. The van der Waals surface area contributed by atoms with E-state index >= 15 is 0 Å². The molecule has 29 heavy (non-hydrogen) atoms. The molecule has 0 bridgehead atoms. The SMILES string of the molecule is C=CCOc1ccc(C2NC(=O)c3oc4ccc(C)cc4c(=O)c32)cc1OCC. The molecule has 0 saturated heterocycles. The quantitative estimate of drug-likeness (QED) is 0.645. The van der Waals surface area contributed by atoms with Crippen LogP contribution in [0.25, 0.3) is 11.0 Å². The Balaban J connectivity index is 1.84. The minimum absolute atomic E-state index is 0.0568. The predicted octanol–water partition coefficient (Wildman–Crippen LogP) is 3.90. The molecule has 3 aromatic rings. The average Bonchev–Trinajstić information content (AvgIpc) is 3.05. The standard InChI is InChI=1S/C23H21NO5/c1-4-10-28-17-9-7-14(12-18(17)27-5-2)20-19-21(25)15-11-13(3)6-8-16(15)29-22(19)23(26)24-20/h4,6-9,11-12,20H,1,5,10H2,2-3H3,(H,24,26). The Bertz CT molecular complexity index is 1180. The van der Waals surface area contributed by atoms with Crippen molar-refractivity contribution in [3.05, 3.63) is 81.7 Å². The number of aryl methyl sites for hydroxylation is 1. The van der Waals surface area contributed by atoms with Crippen LogP contribution in [0.1, 0.15) is 40.2 Å². The molecule has 0 saturated carbocycles. The molecule has 0 radical (unpaired) electrons. The first kappa shape index (κ1) is 18.8. The highest BCUT2D eigenvalue weighted by Crippen LogP contribution is 2.36. The van der Waals surface area contributed by atoms with Gasteiger partial charge < -0.3 is 19.2 Å². The molecule has 6 nitrogen and oxygen atoms in total. The Morgan fingerprint density at radius 1 is 1.14 bits per heavy atom. The lowest BCUT2D eigenvalue weighted by Crippen LogP contribution is -2.22. The van der Waals surface area contributed by atoms with Gasteiger partial charge in [-0.2, -0.15) is 0 Å². The summed E-state index contributed by atoms with van der Waals surface area (Å²) in [6.07, 6.45) is 1.65. The van der Waals surface area contributed by atoms with Crippen LogP contribution in [-0.4, -0.2) is 19.1 Å². The lowest BCUT2D eigenvalue weighted by molar-refractivity contribution is 0.0938. The number of hydrogen-bond donors (Lipinski definition) is 1. The van der Waals surface area contributed by atoms with E-state index in [2.05, 4.69) is 11.9 Å². The number of benzene rings is 2. The monoisotopic (exact) mass is 391 g/mol. The molecule has 0 spiro atoms. The summed E-state index contributed by atoms with van der Waals surface area (Å²) in [5.74, 6) is 0.757. The highest BCUT2D eigenvalue weighted by molar-refractivity contribution is 5.99. The zero-order valence-electron chi connectivity index (χ0n) is 16.3. The van der Waals surface area contributed by atoms with Crippen LogP contribution in [0.15, 0.2) is 58.3 Å². The van der Waals surface area contributed by atoms with E-state index in [-0.39, 0.29) is 11.2 Å². The molecule has 1 aromatic heterocycles. The van der Waals surface area contributed by atoms with E-state index in [1.54, 1.807) is 36.4 Å². The van der Waals surface area contributed by atoms with Gasteiger partial charge >= 0.3 is 0 Å². The van der Waals surface area contributed by atoms with Gasteiger partial charge in [0.1, 0.15) is 12.2 Å². The number of rotatable bonds is 6. The number of hydrogen-bond acceptors (Lipinski definition) is 5. The zero-order chi connectivity index (χ0) is 20.5. The summed E-state index contributed by atoms with van der Waals surface area (Å²) in [5.41, 5.74) is 2.17. The summed E-state index contributed by atoms with van der Waals surface area (Å²) in [6, 6.07) is 10.1. The first-order chi connectivity index (χ1) is 14.0. The van der Waals surface area contributed by atoms with Gasteiger partial charge in [0.15, 0.2) is 16.9 Å². The number of fused-ring (bicyclic) bond motifs is 2. The van der Waals surface area contributed by atoms with Crippen molar-refractivity contribution in [1.82, 2.24) is 5.32 Å². The normalized spacial score (nSPS) is 15.1. The molecule has 1 N–H and O–H groups in total. The van der Waals surface area contributed by atoms with Crippen LogP contribution in [0.3, 0.4) is 0 Å². The highest BCUT2D eigenvalue weighted by Gasteiger charge is 2.36. The van der Waals surface area contributed by atoms with Crippen molar-refractivity contribution < 1.29 is 18.7 Å². The Kier molecular flexibility index (Phi) is 4.84. The van der Waals surface area contributed by atoms with Gasteiger partial charge in [0.25, 0.3) is 5.91 Å². The van der Waals surface area contributed by atoms with E-state index in [1.807, 2.05) is 19.9 Å². The molecule has 1 unspecified atom stereocenters. The summed E-state index contributed by atoms with van der Waals surface area (Å²) in [6.45, 7) is 8.22. The largest absolute Gasteiger partial charge is 0.490 e. The Morgan fingerprint density at radius 3 is 2.72 bits per heavy atom. The molecule has 1 aliphatic rings. The van der Waals surface area contributed by atoms with Crippen molar-refractivity contribution in [1.29, 1.82) is 0 Å². The minimum Gasteiger partial charge on any atom is -0.490 e. The van der Waals surface area contributed by atoms with Gasteiger partial charge in [0.2, 0.25) is 5.76 Å². The molecule has 1 aliphatic heterocycles. The van der Waals surface area contributed by atoms with Gasteiger partial charge in [0.05, 0.1) is 23.6 Å². The molecule has 2 aromatic carbocycles. The lowest BCUT2D eigenvalue weighted by atomic mass is 9.98. The molecular formula is C23H21NO5. The second kappa shape index (κ2) is 7.47. The average molecular weight is 391 g/mol. The molecule has 6 heteroatoms. The third-order valence-corrected chi connectivity index (χ3v) is 4.81. The van der Waals surface area contributed by atoms with Crippen molar-refractivity contribution in [3.63, 3.8) is 0 Å². The second-order valence-corrected chi connectivity index (χ2v) is 6.82. The van der Waals surface area contributed by atoms with E-state index in [0.717, 1.165) is 5.56 Å². The number of carbonyl (C=O) groups is 1. The van der Waals surface area contributed by atoms with Crippen LogP contribution < -0.4 is 20.2 Å². The predicted molar refractivity (Wildman–Crippen MR) is 110 cm³/mol. The van der Waals surface area contributed by atoms with Crippen LogP contribution in [0, 0.1) is 6.92 Å². The van der Waals surface area contributed by atoms with Gasteiger partial charge in [-0.05, 0) is 43.7 Å². The van der Waals surface area contributed by atoms with Gasteiger partial charge in [0, 0.05) is 0 Å². The van der Waals surface area contributed by atoms with Crippen LogP contribution in [0.5, 0.6) is 11.5 Å². The number of amides is 1. The van der Waals surface area contributed by atoms with Gasteiger partial charge in [-0.25, -0.2) is 0 Å². The molecule has 148 valence electrons.